The number of amides is 1. The number of aryl methyl sites for hydroxylation is 1. The van der Waals surface area contributed by atoms with Crippen molar-refractivity contribution in [3.63, 3.8) is 0 Å². The molecule has 2 rings (SSSR count). The van der Waals surface area contributed by atoms with Crippen LogP contribution < -0.4 is 5.32 Å². The summed E-state index contributed by atoms with van der Waals surface area (Å²) in [5, 5.41) is 18.8. The van der Waals surface area contributed by atoms with Gasteiger partial charge in [-0.1, -0.05) is 17.9 Å². The first-order valence-electron chi connectivity index (χ1n) is 6.31. The van der Waals surface area contributed by atoms with Gasteiger partial charge in [-0.25, -0.2) is 0 Å². The molecule has 0 saturated heterocycles. The maximum Gasteiger partial charge on any atom is 0.322 e. The molecule has 7 heteroatoms. The van der Waals surface area contributed by atoms with Crippen LogP contribution in [0.3, 0.4) is 0 Å². The molecule has 7 nitrogen and oxygen atoms in total. The van der Waals surface area contributed by atoms with Crippen LogP contribution in [0, 0.1) is 12.3 Å². The molecule has 0 bridgehead atoms. The van der Waals surface area contributed by atoms with Crippen LogP contribution >= 0.6 is 0 Å². The van der Waals surface area contributed by atoms with Gasteiger partial charge >= 0.3 is 12.0 Å². The highest BCUT2D eigenvalue weighted by Gasteiger charge is 2.38. The van der Waals surface area contributed by atoms with Gasteiger partial charge in [0.1, 0.15) is 0 Å². The number of hydrogen-bond acceptors (Lipinski definition) is 5. The second kappa shape index (κ2) is 5.38. The SMILES string of the molecule is Cc1nnc(NC(=O)CC2(CC(=O)O)CCCC2)o1. The molecule has 0 aliphatic heterocycles. The molecular formula is C12H17N3O4. The van der Waals surface area contributed by atoms with Crippen molar-refractivity contribution in [2.75, 3.05) is 5.32 Å². The Hall–Kier alpha value is -1.92. The number of nitrogens with one attached hydrogen (secondary N) is 1. The first kappa shape index (κ1) is 13.5. The predicted molar refractivity (Wildman–Crippen MR) is 65.4 cm³/mol. The first-order valence-corrected chi connectivity index (χ1v) is 6.31. The van der Waals surface area contributed by atoms with Crippen molar-refractivity contribution in [1.82, 2.24) is 10.2 Å². The van der Waals surface area contributed by atoms with Crippen molar-refractivity contribution in [2.24, 2.45) is 5.41 Å². The number of carboxylic acid groups (broad SMARTS) is 1. The molecule has 0 radical (unpaired) electrons. The molecule has 19 heavy (non-hydrogen) atoms. The molecule has 1 saturated carbocycles. The lowest BCUT2D eigenvalue weighted by Gasteiger charge is -2.25. The van der Waals surface area contributed by atoms with E-state index in [2.05, 4.69) is 15.5 Å². The summed E-state index contributed by atoms with van der Waals surface area (Å²) >= 11 is 0. The van der Waals surface area contributed by atoms with Crippen molar-refractivity contribution >= 4 is 17.9 Å². The summed E-state index contributed by atoms with van der Waals surface area (Å²) < 4.78 is 5.06. The molecule has 0 aromatic carbocycles. The van der Waals surface area contributed by atoms with E-state index in [1.54, 1.807) is 6.92 Å². The maximum absolute atomic E-state index is 11.9. The molecule has 1 aromatic rings. The van der Waals surface area contributed by atoms with Gasteiger partial charge in [0.05, 0.1) is 6.42 Å². The van der Waals surface area contributed by atoms with Crippen LogP contribution in [-0.4, -0.2) is 27.2 Å². The van der Waals surface area contributed by atoms with Gasteiger partial charge in [-0.3, -0.25) is 14.9 Å². The molecule has 1 amide bonds. The van der Waals surface area contributed by atoms with E-state index in [1.807, 2.05) is 0 Å². The Balaban J connectivity index is 1.97. The largest absolute Gasteiger partial charge is 0.481 e. The Labute approximate surface area is 110 Å². The van der Waals surface area contributed by atoms with Crippen LogP contribution in [0.4, 0.5) is 6.01 Å². The summed E-state index contributed by atoms with van der Waals surface area (Å²) in [6, 6.07) is 0.0611. The van der Waals surface area contributed by atoms with E-state index in [0.29, 0.717) is 5.89 Å². The van der Waals surface area contributed by atoms with Crippen LogP contribution in [0.2, 0.25) is 0 Å². The number of hydrogen-bond donors (Lipinski definition) is 2. The quantitative estimate of drug-likeness (QED) is 0.841. The van der Waals surface area contributed by atoms with E-state index in [1.165, 1.54) is 0 Å². The van der Waals surface area contributed by atoms with Crippen molar-refractivity contribution < 1.29 is 19.1 Å². The van der Waals surface area contributed by atoms with E-state index in [9.17, 15) is 9.59 Å². The number of nitrogens with zero attached hydrogens (tertiary/aromatic N) is 2. The third kappa shape index (κ3) is 3.52. The summed E-state index contributed by atoms with van der Waals surface area (Å²) in [7, 11) is 0. The topological polar surface area (TPSA) is 105 Å². The number of carboxylic acids is 1. The van der Waals surface area contributed by atoms with E-state index < -0.39 is 11.4 Å². The van der Waals surface area contributed by atoms with Crippen molar-refractivity contribution in [1.29, 1.82) is 0 Å². The summed E-state index contributed by atoms with van der Waals surface area (Å²) in [5.74, 6) is -0.758. The lowest BCUT2D eigenvalue weighted by Crippen LogP contribution is -2.27. The molecule has 1 heterocycles. The van der Waals surface area contributed by atoms with E-state index in [-0.39, 0.29) is 24.8 Å². The minimum absolute atomic E-state index is 0.0310. The molecule has 0 atom stereocenters. The lowest BCUT2D eigenvalue weighted by molar-refractivity contribution is -0.140. The van der Waals surface area contributed by atoms with E-state index in [0.717, 1.165) is 25.7 Å². The molecule has 104 valence electrons. The summed E-state index contributed by atoms with van der Waals surface area (Å²) in [6.45, 7) is 1.63. The molecule has 1 aliphatic carbocycles. The fourth-order valence-corrected chi connectivity index (χ4v) is 2.71. The predicted octanol–water partition coefficient (Wildman–Crippen LogP) is 1.74. The van der Waals surface area contributed by atoms with Crippen molar-refractivity contribution in [3.05, 3.63) is 5.89 Å². The minimum Gasteiger partial charge on any atom is -0.481 e. The Morgan fingerprint density at radius 1 is 1.32 bits per heavy atom. The number of aliphatic carboxylic acids is 1. The third-order valence-corrected chi connectivity index (χ3v) is 3.50. The fourth-order valence-electron chi connectivity index (χ4n) is 2.71. The highest BCUT2D eigenvalue weighted by molar-refractivity contribution is 5.89. The van der Waals surface area contributed by atoms with Crippen LogP contribution in [0.1, 0.15) is 44.4 Å². The number of rotatable bonds is 5. The van der Waals surface area contributed by atoms with Crippen LogP contribution in [0.5, 0.6) is 0 Å². The second-order valence-corrected chi connectivity index (χ2v) is 5.13. The van der Waals surface area contributed by atoms with E-state index in [4.69, 9.17) is 9.52 Å². The average Bonchev–Trinajstić information content (AvgIpc) is 2.87. The Bertz CT molecular complexity index is 477. The van der Waals surface area contributed by atoms with Gasteiger partial charge in [-0.15, -0.1) is 5.10 Å². The zero-order chi connectivity index (χ0) is 13.9. The molecule has 0 unspecified atom stereocenters. The van der Waals surface area contributed by atoms with Gasteiger partial charge in [0.2, 0.25) is 11.8 Å². The Morgan fingerprint density at radius 2 is 2.00 bits per heavy atom. The molecular weight excluding hydrogens is 250 g/mol. The van der Waals surface area contributed by atoms with E-state index >= 15 is 0 Å². The lowest BCUT2D eigenvalue weighted by atomic mass is 9.79. The molecule has 2 N–H and O–H groups in total. The van der Waals surface area contributed by atoms with Crippen molar-refractivity contribution in [2.45, 2.75) is 45.4 Å². The molecule has 1 aromatic heterocycles. The minimum atomic E-state index is -0.858. The smallest absolute Gasteiger partial charge is 0.322 e. The number of carbonyl (C=O) groups is 2. The van der Waals surface area contributed by atoms with Gasteiger partial charge in [0, 0.05) is 13.3 Å². The van der Waals surface area contributed by atoms with Crippen LogP contribution in [0.25, 0.3) is 0 Å². The maximum atomic E-state index is 11.9. The van der Waals surface area contributed by atoms with Gasteiger partial charge in [0.15, 0.2) is 0 Å². The van der Waals surface area contributed by atoms with Gasteiger partial charge in [0.25, 0.3) is 0 Å². The number of aromatic nitrogens is 2. The summed E-state index contributed by atoms with van der Waals surface area (Å²) in [6.07, 6.45) is 3.70. The molecule has 0 spiro atoms. The van der Waals surface area contributed by atoms with Crippen LogP contribution in [0.15, 0.2) is 4.42 Å². The fraction of sp³-hybridized carbons (Fsp3) is 0.667. The standard InChI is InChI=1S/C12H17N3O4/c1-8-14-15-11(19-8)13-9(16)6-12(7-10(17)18)4-2-3-5-12/h2-7H2,1H3,(H,17,18)(H,13,15,16). The molecule has 1 fully saturated rings. The van der Waals surface area contributed by atoms with Crippen molar-refractivity contribution in [3.8, 4) is 0 Å². The zero-order valence-corrected chi connectivity index (χ0v) is 10.8. The van der Waals surface area contributed by atoms with Gasteiger partial charge < -0.3 is 9.52 Å². The average molecular weight is 267 g/mol. The Kier molecular flexibility index (Phi) is 3.82. The number of anilines is 1. The third-order valence-electron chi connectivity index (χ3n) is 3.50. The second-order valence-electron chi connectivity index (χ2n) is 5.13. The summed E-state index contributed by atoms with van der Waals surface area (Å²) in [4.78, 5) is 22.9. The first-order chi connectivity index (χ1) is 8.99. The highest BCUT2D eigenvalue weighted by Crippen LogP contribution is 2.44. The van der Waals surface area contributed by atoms with Gasteiger partial charge in [-0.05, 0) is 18.3 Å². The normalized spacial score (nSPS) is 17.3. The Morgan fingerprint density at radius 3 is 2.53 bits per heavy atom. The van der Waals surface area contributed by atoms with Gasteiger partial charge in [-0.2, -0.15) is 0 Å². The van der Waals surface area contributed by atoms with Crippen LogP contribution in [-0.2, 0) is 9.59 Å². The highest BCUT2D eigenvalue weighted by atomic mass is 16.4. The summed E-state index contributed by atoms with van der Waals surface area (Å²) in [5.41, 5.74) is -0.426. The molecule has 1 aliphatic rings. The zero-order valence-electron chi connectivity index (χ0n) is 10.8. The monoisotopic (exact) mass is 267 g/mol. The number of carbonyl (C=O) groups excluding carboxylic acids is 1.